The van der Waals surface area contributed by atoms with E-state index in [-0.39, 0.29) is 12.5 Å². The summed E-state index contributed by atoms with van der Waals surface area (Å²) >= 11 is 0. The number of hydrogen-bond acceptors (Lipinski definition) is 7. The van der Waals surface area contributed by atoms with Gasteiger partial charge in [-0.15, -0.1) is 0 Å². The summed E-state index contributed by atoms with van der Waals surface area (Å²) < 4.78 is 21.1. The number of hydrogen-bond donors (Lipinski definition) is 0. The second kappa shape index (κ2) is 8.43. The SMILES string of the molecule is COc1ccc(-c2noc(CN(C)C(=O)c3ccccc3OC)n2)c(OC)c1. The summed E-state index contributed by atoms with van der Waals surface area (Å²) in [5.41, 5.74) is 1.13. The van der Waals surface area contributed by atoms with Crippen LogP contribution in [0.5, 0.6) is 17.2 Å². The molecule has 0 aliphatic rings. The van der Waals surface area contributed by atoms with E-state index < -0.39 is 0 Å². The van der Waals surface area contributed by atoms with Gasteiger partial charge in [-0.05, 0) is 24.3 Å². The molecular weight excluding hydrogens is 362 g/mol. The minimum atomic E-state index is -0.209. The molecule has 28 heavy (non-hydrogen) atoms. The molecule has 0 aliphatic heterocycles. The fourth-order valence-corrected chi connectivity index (χ4v) is 2.71. The Morgan fingerprint density at radius 3 is 2.50 bits per heavy atom. The summed E-state index contributed by atoms with van der Waals surface area (Å²) in [4.78, 5) is 18.6. The number of benzene rings is 2. The van der Waals surface area contributed by atoms with E-state index in [1.165, 1.54) is 12.0 Å². The molecule has 146 valence electrons. The lowest BCUT2D eigenvalue weighted by Gasteiger charge is -2.16. The maximum absolute atomic E-state index is 12.7. The van der Waals surface area contributed by atoms with Crippen molar-refractivity contribution in [2.24, 2.45) is 0 Å². The number of carbonyl (C=O) groups excluding carboxylic acids is 1. The fourth-order valence-electron chi connectivity index (χ4n) is 2.71. The first-order valence-corrected chi connectivity index (χ1v) is 8.50. The third kappa shape index (κ3) is 3.90. The predicted octanol–water partition coefficient (Wildman–Crippen LogP) is 3.03. The first-order valence-electron chi connectivity index (χ1n) is 8.50. The van der Waals surface area contributed by atoms with Gasteiger partial charge in [-0.25, -0.2) is 0 Å². The van der Waals surface area contributed by atoms with E-state index in [4.69, 9.17) is 18.7 Å². The van der Waals surface area contributed by atoms with Gasteiger partial charge >= 0.3 is 0 Å². The topological polar surface area (TPSA) is 86.9 Å². The molecule has 0 aliphatic carbocycles. The van der Waals surface area contributed by atoms with Crippen molar-refractivity contribution in [1.82, 2.24) is 15.0 Å². The highest BCUT2D eigenvalue weighted by atomic mass is 16.5. The molecule has 0 atom stereocenters. The summed E-state index contributed by atoms with van der Waals surface area (Å²) in [6, 6.07) is 12.3. The summed E-state index contributed by atoms with van der Waals surface area (Å²) in [6.07, 6.45) is 0. The van der Waals surface area contributed by atoms with E-state index in [9.17, 15) is 4.79 Å². The van der Waals surface area contributed by atoms with Crippen LogP contribution in [0.15, 0.2) is 47.0 Å². The van der Waals surface area contributed by atoms with Gasteiger partial charge in [0.25, 0.3) is 5.91 Å². The number of aromatic nitrogens is 2. The lowest BCUT2D eigenvalue weighted by atomic mass is 10.1. The minimum Gasteiger partial charge on any atom is -0.497 e. The lowest BCUT2D eigenvalue weighted by molar-refractivity contribution is 0.0766. The molecule has 1 heterocycles. The maximum Gasteiger partial charge on any atom is 0.257 e. The minimum absolute atomic E-state index is 0.155. The first-order chi connectivity index (χ1) is 13.6. The molecule has 0 spiro atoms. The van der Waals surface area contributed by atoms with E-state index in [1.54, 1.807) is 57.7 Å². The average Bonchev–Trinajstić information content (AvgIpc) is 3.20. The quantitative estimate of drug-likeness (QED) is 0.620. The van der Waals surface area contributed by atoms with Crippen LogP contribution in [0.3, 0.4) is 0 Å². The third-order valence-corrected chi connectivity index (χ3v) is 4.17. The Labute approximate surface area is 162 Å². The number of methoxy groups -OCH3 is 3. The van der Waals surface area contributed by atoms with Crippen molar-refractivity contribution in [1.29, 1.82) is 0 Å². The van der Waals surface area contributed by atoms with Gasteiger partial charge in [0.15, 0.2) is 0 Å². The number of para-hydroxylation sites is 1. The van der Waals surface area contributed by atoms with Crippen LogP contribution in [-0.2, 0) is 6.54 Å². The summed E-state index contributed by atoms with van der Waals surface area (Å²) in [5, 5.41) is 4.00. The van der Waals surface area contributed by atoms with E-state index in [0.29, 0.717) is 40.1 Å². The molecule has 0 radical (unpaired) electrons. The van der Waals surface area contributed by atoms with Gasteiger partial charge in [0, 0.05) is 13.1 Å². The maximum atomic E-state index is 12.7. The van der Waals surface area contributed by atoms with Gasteiger partial charge in [-0.2, -0.15) is 4.98 Å². The average molecular weight is 383 g/mol. The van der Waals surface area contributed by atoms with Crippen molar-refractivity contribution in [2.75, 3.05) is 28.4 Å². The molecule has 8 heteroatoms. The highest BCUT2D eigenvalue weighted by Crippen LogP contribution is 2.31. The Kier molecular flexibility index (Phi) is 5.78. The molecule has 1 aromatic heterocycles. The summed E-state index contributed by atoms with van der Waals surface area (Å²) in [7, 11) is 6.32. The third-order valence-electron chi connectivity index (χ3n) is 4.17. The molecule has 0 saturated heterocycles. The summed E-state index contributed by atoms with van der Waals surface area (Å²) in [5.74, 6) is 2.19. The number of amides is 1. The van der Waals surface area contributed by atoms with Crippen LogP contribution in [0, 0.1) is 0 Å². The second-order valence-corrected chi connectivity index (χ2v) is 5.94. The van der Waals surface area contributed by atoms with Crippen LogP contribution in [0.1, 0.15) is 16.2 Å². The Hall–Kier alpha value is -3.55. The number of nitrogens with zero attached hydrogens (tertiary/aromatic N) is 3. The summed E-state index contributed by atoms with van der Waals surface area (Å²) in [6.45, 7) is 0.155. The molecule has 2 aromatic carbocycles. The molecule has 0 saturated carbocycles. The predicted molar refractivity (Wildman–Crippen MR) is 102 cm³/mol. The monoisotopic (exact) mass is 383 g/mol. The van der Waals surface area contributed by atoms with Crippen LogP contribution in [-0.4, -0.2) is 49.3 Å². The molecule has 1 amide bonds. The fraction of sp³-hybridized carbons (Fsp3) is 0.250. The first kappa shape index (κ1) is 19.2. The van der Waals surface area contributed by atoms with E-state index in [2.05, 4.69) is 10.1 Å². The second-order valence-electron chi connectivity index (χ2n) is 5.94. The Balaban J connectivity index is 1.78. The van der Waals surface area contributed by atoms with Gasteiger partial charge in [0.1, 0.15) is 23.8 Å². The van der Waals surface area contributed by atoms with Gasteiger partial charge in [-0.3, -0.25) is 4.79 Å². The highest BCUT2D eigenvalue weighted by molar-refractivity contribution is 5.96. The molecular formula is C20H21N3O5. The van der Waals surface area contributed by atoms with Gasteiger partial charge in [0.05, 0.1) is 32.5 Å². The van der Waals surface area contributed by atoms with E-state index in [1.807, 2.05) is 6.07 Å². The van der Waals surface area contributed by atoms with Gasteiger partial charge in [0.2, 0.25) is 11.7 Å². The van der Waals surface area contributed by atoms with E-state index >= 15 is 0 Å². The highest BCUT2D eigenvalue weighted by Gasteiger charge is 2.20. The molecule has 0 bridgehead atoms. The molecule has 0 N–H and O–H groups in total. The zero-order valence-electron chi connectivity index (χ0n) is 16.1. The van der Waals surface area contributed by atoms with Crippen molar-refractivity contribution >= 4 is 5.91 Å². The van der Waals surface area contributed by atoms with Gasteiger partial charge < -0.3 is 23.6 Å². The Morgan fingerprint density at radius 2 is 1.79 bits per heavy atom. The van der Waals surface area contributed by atoms with Crippen molar-refractivity contribution in [3.05, 3.63) is 53.9 Å². The standard InChI is InChI=1S/C20H21N3O5/c1-23(20(24)15-7-5-6-8-16(15)26-3)12-18-21-19(22-28-18)14-10-9-13(25-2)11-17(14)27-4/h5-11H,12H2,1-4H3. The number of ether oxygens (including phenoxy) is 3. The lowest BCUT2D eigenvalue weighted by Crippen LogP contribution is -2.26. The smallest absolute Gasteiger partial charge is 0.257 e. The normalized spacial score (nSPS) is 10.4. The zero-order valence-corrected chi connectivity index (χ0v) is 16.1. The van der Waals surface area contributed by atoms with Crippen LogP contribution < -0.4 is 14.2 Å². The molecule has 3 aromatic rings. The van der Waals surface area contributed by atoms with Crippen molar-refractivity contribution in [3.8, 4) is 28.6 Å². The largest absolute Gasteiger partial charge is 0.497 e. The van der Waals surface area contributed by atoms with E-state index in [0.717, 1.165) is 0 Å². The Morgan fingerprint density at radius 1 is 1.04 bits per heavy atom. The van der Waals surface area contributed by atoms with Crippen molar-refractivity contribution < 1.29 is 23.5 Å². The van der Waals surface area contributed by atoms with Crippen molar-refractivity contribution in [2.45, 2.75) is 6.54 Å². The van der Waals surface area contributed by atoms with Crippen molar-refractivity contribution in [3.63, 3.8) is 0 Å². The van der Waals surface area contributed by atoms with Crippen LogP contribution in [0.2, 0.25) is 0 Å². The van der Waals surface area contributed by atoms with Gasteiger partial charge in [-0.1, -0.05) is 17.3 Å². The number of rotatable bonds is 7. The molecule has 0 fully saturated rings. The zero-order chi connectivity index (χ0) is 20.1. The molecule has 3 rings (SSSR count). The van der Waals surface area contributed by atoms with Crippen LogP contribution in [0.25, 0.3) is 11.4 Å². The Bertz CT molecular complexity index is 970. The van der Waals surface area contributed by atoms with Crippen LogP contribution >= 0.6 is 0 Å². The van der Waals surface area contributed by atoms with Crippen LogP contribution in [0.4, 0.5) is 0 Å². The molecule has 0 unspecified atom stereocenters. The molecule has 8 nitrogen and oxygen atoms in total. The number of carbonyl (C=O) groups is 1.